The maximum atomic E-state index is 11.8. The summed E-state index contributed by atoms with van der Waals surface area (Å²) >= 11 is 0. The number of amides is 1. The molecule has 4 heteroatoms. The van der Waals surface area contributed by atoms with E-state index in [0.29, 0.717) is 25.9 Å². The average Bonchev–Trinajstić information content (AvgIpc) is 2.46. The van der Waals surface area contributed by atoms with Crippen molar-refractivity contribution < 1.29 is 9.90 Å². The Morgan fingerprint density at radius 3 is 2.80 bits per heavy atom. The quantitative estimate of drug-likeness (QED) is 0.710. The maximum Gasteiger partial charge on any atom is 0.224 e. The van der Waals surface area contributed by atoms with E-state index in [1.165, 1.54) is 0 Å². The van der Waals surface area contributed by atoms with Crippen LogP contribution in [0.3, 0.4) is 0 Å². The van der Waals surface area contributed by atoms with E-state index in [2.05, 4.69) is 5.32 Å². The zero-order valence-electron chi connectivity index (χ0n) is 9.92. The van der Waals surface area contributed by atoms with E-state index in [4.69, 9.17) is 0 Å². The van der Waals surface area contributed by atoms with Gasteiger partial charge in [-0.15, -0.1) is 0 Å². The molecule has 4 nitrogen and oxygen atoms in total. The highest BCUT2D eigenvalue weighted by molar-refractivity contribution is 5.77. The van der Waals surface area contributed by atoms with Crippen molar-refractivity contribution in [1.29, 1.82) is 0 Å². The topological polar surface area (TPSA) is 52.6 Å². The molecule has 0 radical (unpaired) electrons. The minimum Gasteiger partial charge on any atom is -0.388 e. The van der Waals surface area contributed by atoms with Gasteiger partial charge in [0.1, 0.15) is 0 Å². The molecule has 1 amide bonds. The van der Waals surface area contributed by atoms with Crippen LogP contribution in [0, 0.1) is 0 Å². The number of β-amino-alcohol motifs (C(OH)–C–C–N with tert-alkyl or cyclic N) is 1. The third kappa shape index (κ3) is 3.80. The molecule has 1 heterocycles. The summed E-state index contributed by atoms with van der Waals surface area (Å²) in [4.78, 5) is 13.6. The van der Waals surface area contributed by atoms with E-state index in [1.54, 1.807) is 11.8 Å². The molecule has 0 bridgehead atoms. The van der Waals surface area contributed by atoms with Crippen molar-refractivity contribution in [3.05, 3.63) is 0 Å². The lowest BCUT2D eigenvalue weighted by Gasteiger charge is -2.21. The van der Waals surface area contributed by atoms with Gasteiger partial charge in [0.15, 0.2) is 0 Å². The number of hydrogen-bond donors (Lipinski definition) is 2. The number of carbonyl (C=O) groups excluding carboxylic acids is 1. The van der Waals surface area contributed by atoms with Crippen LogP contribution >= 0.6 is 0 Å². The van der Waals surface area contributed by atoms with Crippen LogP contribution in [0.25, 0.3) is 0 Å². The Balaban J connectivity index is 2.35. The second kappa shape index (κ2) is 4.94. The summed E-state index contributed by atoms with van der Waals surface area (Å²) in [7, 11) is 0. The normalized spacial score (nSPS) is 28.1. The highest BCUT2D eigenvalue weighted by Crippen LogP contribution is 2.20. The molecular formula is C11H22N2O2. The van der Waals surface area contributed by atoms with Gasteiger partial charge in [0, 0.05) is 25.6 Å². The number of hydrogen-bond acceptors (Lipinski definition) is 3. The molecule has 0 aromatic heterocycles. The summed E-state index contributed by atoms with van der Waals surface area (Å²) in [5.74, 6) is 0.140. The van der Waals surface area contributed by atoms with Crippen molar-refractivity contribution >= 4 is 5.91 Å². The van der Waals surface area contributed by atoms with Gasteiger partial charge in [0.05, 0.1) is 5.60 Å². The van der Waals surface area contributed by atoms with Crippen LogP contribution in [0.15, 0.2) is 0 Å². The monoisotopic (exact) mass is 214 g/mol. The molecule has 0 aromatic rings. The van der Waals surface area contributed by atoms with Gasteiger partial charge in [0.25, 0.3) is 0 Å². The molecule has 1 rings (SSSR count). The molecule has 2 unspecified atom stereocenters. The first kappa shape index (κ1) is 12.5. The Labute approximate surface area is 91.6 Å². The predicted molar refractivity (Wildman–Crippen MR) is 59.6 cm³/mol. The van der Waals surface area contributed by atoms with Gasteiger partial charge in [-0.1, -0.05) is 6.92 Å². The van der Waals surface area contributed by atoms with Gasteiger partial charge in [-0.05, 0) is 26.8 Å². The molecule has 0 aromatic carbocycles. The van der Waals surface area contributed by atoms with Crippen LogP contribution in [-0.4, -0.2) is 47.2 Å². The fourth-order valence-corrected chi connectivity index (χ4v) is 1.97. The standard InChI is InChI=1S/C11H22N2O2/c1-4-12-9(2)7-10(14)13-6-5-11(3,15)8-13/h9,12,15H,4-8H2,1-3H3. The largest absolute Gasteiger partial charge is 0.388 e. The molecule has 88 valence electrons. The molecule has 1 saturated heterocycles. The second-order valence-electron chi connectivity index (χ2n) is 4.73. The second-order valence-corrected chi connectivity index (χ2v) is 4.73. The van der Waals surface area contributed by atoms with Gasteiger partial charge in [0.2, 0.25) is 5.91 Å². The first-order valence-electron chi connectivity index (χ1n) is 5.68. The summed E-state index contributed by atoms with van der Waals surface area (Å²) in [6, 6.07) is 0.216. The van der Waals surface area contributed by atoms with Crippen LogP contribution in [-0.2, 0) is 4.79 Å². The van der Waals surface area contributed by atoms with Crippen molar-refractivity contribution in [3.8, 4) is 0 Å². The number of carbonyl (C=O) groups is 1. The van der Waals surface area contributed by atoms with Crippen molar-refractivity contribution in [1.82, 2.24) is 10.2 Å². The molecule has 0 saturated carbocycles. The number of rotatable bonds is 4. The Morgan fingerprint density at radius 1 is 1.67 bits per heavy atom. The molecule has 2 N–H and O–H groups in total. The smallest absolute Gasteiger partial charge is 0.224 e. The van der Waals surface area contributed by atoms with Crippen LogP contribution in [0.2, 0.25) is 0 Å². The molecule has 1 aliphatic rings. The van der Waals surface area contributed by atoms with Gasteiger partial charge in [-0.3, -0.25) is 4.79 Å². The first-order chi connectivity index (χ1) is 6.94. The Bertz CT molecular complexity index is 229. The third-order valence-corrected chi connectivity index (χ3v) is 2.84. The molecule has 1 fully saturated rings. The Hall–Kier alpha value is -0.610. The summed E-state index contributed by atoms with van der Waals surface area (Å²) in [5, 5.41) is 13.0. The third-order valence-electron chi connectivity index (χ3n) is 2.84. The number of nitrogens with zero attached hydrogens (tertiary/aromatic N) is 1. The van der Waals surface area contributed by atoms with Crippen LogP contribution < -0.4 is 5.32 Å². The number of likely N-dealkylation sites (tertiary alicyclic amines) is 1. The lowest BCUT2D eigenvalue weighted by Crippen LogP contribution is -2.38. The molecule has 2 atom stereocenters. The van der Waals surface area contributed by atoms with E-state index in [0.717, 1.165) is 6.54 Å². The first-order valence-corrected chi connectivity index (χ1v) is 5.68. The van der Waals surface area contributed by atoms with Crippen LogP contribution in [0.1, 0.15) is 33.6 Å². The SMILES string of the molecule is CCNC(C)CC(=O)N1CCC(C)(O)C1. The predicted octanol–water partition coefficient (Wildman–Crippen LogP) is 0.358. The molecule has 15 heavy (non-hydrogen) atoms. The van der Waals surface area contributed by atoms with Gasteiger partial charge in [-0.2, -0.15) is 0 Å². The summed E-state index contributed by atoms with van der Waals surface area (Å²) in [6.45, 7) is 7.87. The van der Waals surface area contributed by atoms with Crippen LogP contribution in [0.4, 0.5) is 0 Å². The Morgan fingerprint density at radius 2 is 2.33 bits per heavy atom. The van der Waals surface area contributed by atoms with E-state index >= 15 is 0 Å². The van der Waals surface area contributed by atoms with E-state index in [1.807, 2.05) is 13.8 Å². The molecule has 1 aliphatic heterocycles. The molecule has 0 spiro atoms. The highest BCUT2D eigenvalue weighted by atomic mass is 16.3. The number of nitrogens with one attached hydrogen (secondary N) is 1. The van der Waals surface area contributed by atoms with E-state index in [-0.39, 0.29) is 11.9 Å². The van der Waals surface area contributed by atoms with Crippen molar-refractivity contribution in [2.45, 2.75) is 45.3 Å². The van der Waals surface area contributed by atoms with Gasteiger partial charge >= 0.3 is 0 Å². The lowest BCUT2D eigenvalue weighted by molar-refractivity contribution is -0.131. The lowest BCUT2D eigenvalue weighted by atomic mass is 10.1. The van der Waals surface area contributed by atoms with Crippen LogP contribution in [0.5, 0.6) is 0 Å². The molecular weight excluding hydrogens is 192 g/mol. The number of aliphatic hydroxyl groups is 1. The zero-order valence-corrected chi connectivity index (χ0v) is 9.92. The maximum absolute atomic E-state index is 11.8. The van der Waals surface area contributed by atoms with Crippen molar-refractivity contribution in [3.63, 3.8) is 0 Å². The highest BCUT2D eigenvalue weighted by Gasteiger charge is 2.33. The minimum atomic E-state index is -0.683. The van der Waals surface area contributed by atoms with Gasteiger partial charge < -0.3 is 15.3 Å². The fourth-order valence-electron chi connectivity index (χ4n) is 1.97. The zero-order chi connectivity index (χ0) is 11.5. The minimum absolute atomic E-state index is 0.140. The van der Waals surface area contributed by atoms with E-state index < -0.39 is 5.60 Å². The van der Waals surface area contributed by atoms with Crippen molar-refractivity contribution in [2.24, 2.45) is 0 Å². The fraction of sp³-hybridized carbons (Fsp3) is 0.909. The molecule has 0 aliphatic carbocycles. The summed E-state index contributed by atoms with van der Waals surface area (Å²) < 4.78 is 0. The Kier molecular flexibility index (Phi) is 4.11. The van der Waals surface area contributed by atoms with E-state index in [9.17, 15) is 9.90 Å². The van der Waals surface area contributed by atoms with Gasteiger partial charge in [-0.25, -0.2) is 0 Å². The van der Waals surface area contributed by atoms with Crippen molar-refractivity contribution in [2.75, 3.05) is 19.6 Å². The average molecular weight is 214 g/mol. The summed E-state index contributed by atoms with van der Waals surface area (Å²) in [5.41, 5.74) is -0.683. The summed E-state index contributed by atoms with van der Waals surface area (Å²) in [6.07, 6.45) is 1.21.